The molecule has 4 aliphatic rings. The van der Waals surface area contributed by atoms with Gasteiger partial charge in [0, 0.05) is 5.92 Å². The van der Waals surface area contributed by atoms with Crippen molar-refractivity contribution in [1.82, 2.24) is 0 Å². The van der Waals surface area contributed by atoms with Crippen molar-refractivity contribution in [2.24, 2.45) is 74.9 Å². The highest BCUT2D eigenvalue weighted by Crippen LogP contribution is 2.74. The minimum atomic E-state index is 0.167. The van der Waals surface area contributed by atoms with Gasteiger partial charge in [-0.25, -0.2) is 0 Å². The van der Waals surface area contributed by atoms with Gasteiger partial charge in [-0.3, -0.25) is 4.79 Å². The zero-order chi connectivity index (χ0) is 27.0. The summed E-state index contributed by atoms with van der Waals surface area (Å²) in [6.45, 7) is 30.0. The van der Waals surface area contributed by atoms with Gasteiger partial charge in [0.1, 0.15) is 0 Å². The lowest BCUT2D eigenvalue weighted by atomic mass is 9.41. The molecule has 0 heterocycles. The van der Waals surface area contributed by atoms with Crippen LogP contribution in [-0.2, 0) is 4.79 Å². The monoisotopic (exact) mass is 496 g/mol. The summed E-state index contributed by atoms with van der Waals surface area (Å²) in [5, 5.41) is 0. The van der Waals surface area contributed by atoms with E-state index in [1.807, 2.05) is 0 Å². The Morgan fingerprint density at radius 3 is 2.11 bits per heavy atom. The maximum atomic E-state index is 13.7. The van der Waals surface area contributed by atoms with E-state index >= 15 is 0 Å². The lowest BCUT2D eigenvalue weighted by Crippen LogP contribution is -2.56. The molecule has 0 aromatic rings. The van der Waals surface area contributed by atoms with E-state index in [0.717, 1.165) is 36.0 Å². The summed E-state index contributed by atoms with van der Waals surface area (Å²) in [7, 11) is 0. The zero-order valence-corrected chi connectivity index (χ0v) is 26.1. The SMILES string of the molecule is CC(C)C(C[C@@H](C)C(C)(C)[C@H]1CC[C@@]2(C)C3=CC(=O)[C@@H]4C[C@@H](C)[C@@H](C)C[C@]4(C)C3CC[C@]12C)C(C)C. The second-order valence-corrected chi connectivity index (χ2v) is 16.5. The van der Waals surface area contributed by atoms with Crippen molar-refractivity contribution < 1.29 is 4.79 Å². The normalized spacial score (nSPS) is 43.9. The van der Waals surface area contributed by atoms with Crippen LogP contribution in [0, 0.1) is 74.9 Å². The molecule has 4 aliphatic carbocycles. The third-order valence-corrected chi connectivity index (χ3v) is 14.0. The Morgan fingerprint density at radius 2 is 1.53 bits per heavy atom. The van der Waals surface area contributed by atoms with Gasteiger partial charge in [-0.2, -0.15) is 0 Å². The van der Waals surface area contributed by atoms with Crippen molar-refractivity contribution >= 4 is 5.78 Å². The quantitative estimate of drug-likeness (QED) is 0.357. The van der Waals surface area contributed by atoms with Crippen LogP contribution in [0.4, 0.5) is 0 Å². The van der Waals surface area contributed by atoms with Crippen LogP contribution in [0.3, 0.4) is 0 Å². The fourth-order valence-electron chi connectivity index (χ4n) is 10.8. The molecule has 9 atom stereocenters. The highest BCUT2D eigenvalue weighted by molar-refractivity contribution is 5.94. The van der Waals surface area contributed by atoms with E-state index in [1.54, 1.807) is 5.57 Å². The predicted molar refractivity (Wildman–Crippen MR) is 155 cm³/mol. The standard InChI is InChI=1S/C35H60O/c1-21(2)26(22(3)4)18-25(7)32(8,9)31-14-16-34(11)28-19-30(36)29-17-23(5)24(6)20-33(29,10)27(28)13-15-35(31,34)12/h19,21-27,29,31H,13-18,20H2,1-12H3/t23-,24+,25-,27?,29+,31-,33-,34+,35-/m1/s1. The minimum Gasteiger partial charge on any atom is -0.295 e. The smallest absolute Gasteiger partial charge is 0.159 e. The molecule has 0 spiro atoms. The first kappa shape index (κ1) is 28.4. The molecule has 0 radical (unpaired) electrons. The zero-order valence-electron chi connectivity index (χ0n) is 26.1. The number of fused-ring (bicyclic) bond motifs is 5. The van der Waals surface area contributed by atoms with Gasteiger partial charge in [0.15, 0.2) is 5.78 Å². The summed E-state index contributed by atoms with van der Waals surface area (Å²) in [6, 6.07) is 0. The van der Waals surface area contributed by atoms with Crippen LogP contribution in [0.15, 0.2) is 11.6 Å². The predicted octanol–water partition coefficient (Wildman–Crippen LogP) is 10.00. The van der Waals surface area contributed by atoms with Crippen LogP contribution in [0.2, 0.25) is 0 Å². The molecule has 0 bridgehead atoms. The number of allylic oxidation sites excluding steroid dienone is 2. The molecule has 0 amide bonds. The van der Waals surface area contributed by atoms with Crippen LogP contribution in [0.25, 0.3) is 0 Å². The Bertz CT molecular complexity index is 869. The lowest BCUT2D eigenvalue weighted by Gasteiger charge is -2.62. The molecule has 3 fully saturated rings. The maximum Gasteiger partial charge on any atom is 0.159 e. The Morgan fingerprint density at radius 1 is 0.917 bits per heavy atom. The van der Waals surface area contributed by atoms with Gasteiger partial charge in [0.05, 0.1) is 0 Å². The van der Waals surface area contributed by atoms with Gasteiger partial charge in [-0.15, -0.1) is 0 Å². The summed E-state index contributed by atoms with van der Waals surface area (Å²) in [5.74, 6) is 6.45. The molecule has 4 rings (SSSR count). The van der Waals surface area contributed by atoms with Crippen molar-refractivity contribution in [3.05, 3.63) is 11.6 Å². The molecule has 0 aliphatic heterocycles. The van der Waals surface area contributed by atoms with Crippen LogP contribution >= 0.6 is 0 Å². The van der Waals surface area contributed by atoms with Crippen LogP contribution in [0.1, 0.15) is 128 Å². The van der Waals surface area contributed by atoms with E-state index < -0.39 is 0 Å². The fourth-order valence-corrected chi connectivity index (χ4v) is 10.8. The number of hydrogen-bond acceptors (Lipinski definition) is 1. The van der Waals surface area contributed by atoms with Crippen molar-refractivity contribution in [2.45, 2.75) is 128 Å². The van der Waals surface area contributed by atoms with Gasteiger partial charge >= 0.3 is 0 Å². The largest absolute Gasteiger partial charge is 0.295 e. The van der Waals surface area contributed by atoms with Crippen molar-refractivity contribution in [3.8, 4) is 0 Å². The topological polar surface area (TPSA) is 17.1 Å². The molecule has 1 heteroatoms. The second kappa shape index (κ2) is 9.26. The molecule has 0 aromatic heterocycles. The van der Waals surface area contributed by atoms with E-state index in [4.69, 9.17) is 0 Å². The van der Waals surface area contributed by atoms with Gasteiger partial charge in [0.25, 0.3) is 0 Å². The van der Waals surface area contributed by atoms with Gasteiger partial charge in [-0.05, 0) is 120 Å². The Kier molecular flexibility index (Phi) is 7.31. The Labute approximate surface area is 225 Å². The Hall–Kier alpha value is -0.590. The fraction of sp³-hybridized carbons (Fsp3) is 0.914. The summed E-state index contributed by atoms with van der Waals surface area (Å²) in [6.07, 6.45) is 11.1. The highest BCUT2D eigenvalue weighted by Gasteiger charge is 2.66. The van der Waals surface area contributed by atoms with Crippen LogP contribution in [-0.4, -0.2) is 5.78 Å². The maximum absolute atomic E-state index is 13.7. The number of ketones is 1. The van der Waals surface area contributed by atoms with Gasteiger partial charge in [0.2, 0.25) is 0 Å². The highest BCUT2D eigenvalue weighted by atomic mass is 16.1. The molecule has 1 unspecified atom stereocenters. The summed E-state index contributed by atoms with van der Waals surface area (Å²) >= 11 is 0. The minimum absolute atomic E-state index is 0.167. The molecular formula is C35H60O. The van der Waals surface area contributed by atoms with E-state index in [2.05, 4.69) is 89.2 Å². The third kappa shape index (κ3) is 4.02. The average molecular weight is 497 g/mol. The lowest BCUT2D eigenvalue weighted by molar-refractivity contribution is -0.134. The van der Waals surface area contributed by atoms with E-state index in [9.17, 15) is 4.79 Å². The molecule has 1 nitrogen and oxygen atoms in total. The van der Waals surface area contributed by atoms with Crippen molar-refractivity contribution in [1.29, 1.82) is 0 Å². The Balaban J connectivity index is 1.66. The van der Waals surface area contributed by atoms with Crippen LogP contribution < -0.4 is 0 Å². The molecule has 0 saturated heterocycles. The first-order chi connectivity index (χ1) is 16.5. The first-order valence-electron chi connectivity index (χ1n) is 15.8. The summed E-state index contributed by atoms with van der Waals surface area (Å²) in [4.78, 5) is 13.7. The molecule has 0 aromatic carbocycles. The van der Waals surface area contributed by atoms with Gasteiger partial charge in [-0.1, -0.05) is 88.7 Å². The molecule has 3 saturated carbocycles. The summed E-state index contributed by atoms with van der Waals surface area (Å²) in [5.41, 5.74) is 2.51. The second-order valence-electron chi connectivity index (χ2n) is 16.5. The number of hydrogen-bond donors (Lipinski definition) is 0. The number of rotatable bonds is 6. The molecular weight excluding hydrogens is 436 g/mol. The van der Waals surface area contributed by atoms with Crippen LogP contribution in [0.5, 0.6) is 0 Å². The summed E-state index contributed by atoms with van der Waals surface area (Å²) < 4.78 is 0. The van der Waals surface area contributed by atoms with Crippen molar-refractivity contribution in [3.63, 3.8) is 0 Å². The van der Waals surface area contributed by atoms with E-state index in [-0.39, 0.29) is 22.2 Å². The average Bonchev–Trinajstić information content (AvgIpc) is 3.05. The molecule has 0 N–H and O–H groups in total. The van der Waals surface area contributed by atoms with Crippen molar-refractivity contribution in [2.75, 3.05) is 0 Å². The number of carbonyl (C=O) groups excluding carboxylic acids is 1. The van der Waals surface area contributed by atoms with E-state index in [1.165, 1.54) is 38.5 Å². The third-order valence-electron chi connectivity index (χ3n) is 14.0. The molecule has 36 heavy (non-hydrogen) atoms. The number of carbonyl (C=O) groups is 1. The van der Waals surface area contributed by atoms with Gasteiger partial charge < -0.3 is 0 Å². The first-order valence-corrected chi connectivity index (χ1v) is 15.8. The van der Waals surface area contributed by atoms with E-state index in [0.29, 0.717) is 29.0 Å². The molecule has 206 valence electrons.